The number of hydrogen-bond acceptors (Lipinski definition) is 19. The van der Waals surface area contributed by atoms with E-state index in [4.69, 9.17) is 50.1 Å². The number of nitrogens with one attached hydrogen (secondary N) is 2. The van der Waals surface area contributed by atoms with E-state index in [1.165, 1.54) is 28.1 Å². The Hall–Kier alpha value is -3.19. The maximum atomic E-state index is 16.0. The van der Waals surface area contributed by atoms with Crippen molar-refractivity contribution in [2.75, 3.05) is 50.4 Å². The summed E-state index contributed by atoms with van der Waals surface area (Å²) < 4.78 is 84.0. The Labute approximate surface area is 304 Å². The standard InChI is InChI=1S/C25H31F2N11O10P2S2/c1-29-2-3-43-25(39)36-20-16-22(33-7-31-20)38(9-35-16)24-18(14(27)11(45-24)4-42-10-51)48-50(41,52)44-5-12-13(26)17(47-49-40)23(46-12)37-8-34-15-19(28)30-6-32-21(15)37/h6-9,11-14,17-18,23-24,29,51H,2-5,10H2,1H3,(H,41,52)(H2,28,30,32)(H,31,33,36,39)/t11-,12-,13-,14-,17-,18-,23-,24-,50?/m1/s1. The third kappa shape index (κ3) is 8.15. The van der Waals surface area contributed by atoms with Crippen LogP contribution < -0.4 is 16.4 Å². The average Bonchev–Trinajstić information content (AvgIpc) is 3.89. The Kier molecular flexibility index (Phi) is 12.5. The van der Waals surface area contributed by atoms with Gasteiger partial charge in [-0.1, -0.05) is 0 Å². The molecule has 282 valence electrons. The number of fused-ring (bicyclic) bond motifs is 2. The summed E-state index contributed by atoms with van der Waals surface area (Å²) in [5.41, 5.74) is 6.43. The highest BCUT2D eigenvalue weighted by molar-refractivity contribution is 8.07. The number of likely N-dealkylation sites (N-methyl/N-ethyl adjacent to an activating group) is 1. The summed E-state index contributed by atoms with van der Waals surface area (Å²) in [6.07, 6.45) is -8.35. The van der Waals surface area contributed by atoms with Crippen molar-refractivity contribution in [2.45, 2.75) is 49.2 Å². The third-order valence-electron chi connectivity index (χ3n) is 7.82. The van der Waals surface area contributed by atoms with Crippen LogP contribution in [0, 0.1) is 0 Å². The van der Waals surface area contributed by atoms with Crippen LogP contribution in [0.25, 0.3) is 22.3 Å². The second kappa shape index (κ2) is 16.9. The van der Waals surface area contributed by atoms with E-state index in [0.717, 1.165) is 6.33 Å². The Bertz CT molecular complexity index is 1940. The van der Waals surface area contributed by atoms with Crippen molar-refractivity contribution in [3.05, 3.63) is 25.3 Å². The van der Waals surface area contributed by atoms with Gasteiger partial charge in [0.25, 0.3) is 0 Å². The Morgan fingerprint density at radius 3 is 2.37 bits per heavy atom. The Morgan fingerprint density at radius 1 is 1.04 bits per heavy atom. The minimum absolute atomic E-state index is 0.00924. The van der Waals surface area contributed by atoms with Gasteiger partial charge in [-0.2, -0.15) is 12.6 Å². The summed E-state index contributed by atoms with van der Waals surface area (Å²) >= 11 is 9.21. The zero-order valence-electron chi connectivity index (χ0n) is 26.7. The normalized spacial score (nSPS) is 27.4. The Balaban J connectivity index is 1.19. The number of alkyl halides is 2. The summed E-state index contributed by atoms with van der Waals surface area (Å²) in [6, 6.07) is 0. The molecule has 0 spiro atoms. The number of hydrogen-bond donors (Lipinski definition) is 5. The second-order valence-corrected chi connectivity index (χ2v) is 14.4. The molecule has 2 aliphatic heterocycles. The molecule has 9 atom stereocenters. The summed E-state index contributed by atoms with van der Waals surface area (Å²) in [4.78, 5) is 48.0. The molecule has 4 aromatic heterocycles. The van der Waals surface area contributed by atoms with Gasteiger partial charge in [0, 0.05) is 6.54 Å². The van der Waals surface area contributed by atoms with E-state index in [1.54, 1.807) is 7.05 Å². The van der Waals surface area contributed by atoms with Crippen LogP contribution in [0.3, 0.4) is 0 Å². The first-order valence-electron chi connectivity index (χ1n) is 15.2. The van der Waals surface area contributed by atoms with Crippen molar-refractivity contribution >= 4 is 79.9 Å². The van der Waals surface area contributed by atoms with E-state index in [9.17, 15) is 14.3 Å². The van der Waals surface area contributed by atoms with Gasteiger partial charge in [0.2, 0.25) is 0 Å². The van der Waals surface area contributed by atoms with Crippen molar-refractivity contribution in [1.29, 1.82) is 0 Å². The van der Waals surface area contributed by atoms with Gasteiger partial charge < -0.3 is 39.4 Å². The lowest BCUT2D eigenvalue weighted by Gasteiger charge is -2.26. The van der Waals surface area contributed by atoms with E-state index in [-0.39, 0.29) is 53.1 Å². The molecule has 2 fully saturated rings. The van der Waals surface area contributed by atoms with Crippen LogP contribution in [0.1, 0.15) is 12.5 Å². The lowest BCUT2D eigenvalue weighted by atomic mass is 10.1. The number of halogens is 2. The number of anilines is 2. The fourth-order valence-corrected chi connectivity index (χ4v) is 7.30. The fraction of sp³-hybridized carbons (Fsp3) is 0.560. The molecular weight excluding hydrogens is 778 g/mol. The van der Waals surface area contributed by atoms with Crippen molar-refractivity contribution in [1.82, 2.24) is 44.4 Å². The first-order chi connectivity index (χ1) is 25.1. The quantitative estimate of drug-likeness (QED) is 0.0466. The molecule has 0 aliphatic carbocycles. The fourth-order valence-electron chi connectivity index (χ4n) is 5.47. The van der Waals surface area contributed by atoms with E-state index >= 15 is 8.78 Å². The number of ether oxygens (including phenoxy) is 4. The zero-order chi connectivity index (χ0) is 37.0. The van der Waals surface area contributed by atoms with Gasteiger partial charge >= 0.3 is 21.5 Å². The lowest BCUT2D eigenvalue weighted by molar-refractivity contribution is -0.0587. The van der Waals surface area contributed by atoms with E-state index < -0.39 is 77.3 Å². The van der Waals surface area contributed by atoms with Crippen LogP contribution >= 0.6 is 28.0 Å². The van der Waals surface area contributed by atoms with Crippen LogP contribution in [0.5, 0.6) is 0 Å². The summed E-state index contributed by atoms with van der Waals surface area (Å²) in [5.74, 6) is -0.00206. The maximum Gasteiger partial charge on any atom is 0.412 e. The van der Waals surface area contributed by atoms with Crippen molar-refractivity contribution < 1.29 is 55.6 Å². The minimum Gasteiger partial charge on any atom is -0.448 e. The third-order valence-corrected chi connectivity index (χ3v) is 9.90. The van der Waals surface area contributed by atoms with Crippen LogP contribution in [0.2, 0.25) is 0 Å². The van der Waals surface area contributed by atoms with Gasteiger partial charge in [0.05, 0.1) is 31.8 Å². The molecule has 1 unspecified atom stereocenters. The highest BCUT2D eigenvalue weighted by atomic mass is 32.5. The van der Waals surface area contributed by atoms with Crippen LogP contribution in [0.15, 0.2) is 25.3 Å². The van der Waals surface area contributed by atoms with Gasteiger partial charge in [0.15, 0.2) is 59.3 Å². The molecule has 52 heavy (non-hydrogen) atoms. The second-order valence-electron chi connectivity index (χ2n) is 11.0. The highest BCUT2D eigenvalue weighted by Gasteiger charge is 2.51. The number of aromatic nitrogens is 8. The molecule has 0 saturated carbocycles. The molecule has 2 saturated heterocycles. The Morgan fingerprint density at radius 2 is 1.67 bits per heavy atom. The van der Waals surface area contributed by atoms with Crippen LogP contribution in [-0.4, -0.2) is 126 Å². The minimum atomic E-state index is -4.41. The molecule has 0 aromatic carbocycles. The molecule has 0 radical (unpaired) electrons. The average molecular weight is 810 g/mol. The molecule has 0 bridgehead atoms. The molecule has 4 aromatic rings. The molecule has 1 amide bonds. The van der Waals surface area contributed by atoms with Gasteiger partial charge in [-0.3, -0.25) is 23.5 Å². The molecule has 5 N–H and O–H groups in total. The number of rotatable bonds is 16. The summed E-state index contributed by atoms with van der Waals surface area (Å²) in [6.45, 7) is -4.87. The van der Waals surface area contributed by atoms with Crippen LogP contribution in [0.4, 0.5) is 25.2 Å². The van der Waals surface area contributed by atoms with E-state index in [1.807, 2.05) is 0 Å². The topological polar surface area (TPSA) is 256 Å². The SMILES string of the molecule is CNCCOC(=O)Nc1ncnc2c1ncn2[C@@H]1O[C@H](COCS)[C@@H](F)[C@H]1OP(O)(=S)OC[C@H]1O[C@@H](n2cnc3c(N)ncnc32)[C@H](OP=O)[C@@H]1F. The lowest BCUT2D eigenvalue weighted by Crippen LogP contribution is -2.33. The van der Waals surface area contributed by atoms with Crippen molar-refractivity contribution in [3.8, 4) is 0 Å². The van der Waals surface area contributed by atoms with E-state index in [2.05, 4.69) is 53.2 Å². The molecule has 27 heteroatoms. The number of carbonyl (C=O) groups excluding carboxylic acids is 1. The number of nitrogens with two attached hydrogens (primary N) is 1. The van der Waals surface area contributed by atoms with Crippen molar-refractivity contribution in [3.63, 3.8) is 0 Å². The molecular formula is C25H31F2N11O10P2S2. The first-order valence-corrected chi connectivity index (χ1v) is 19.1. The van der Waals surface area contributed by atoms with Crippen molar-refractivity contribution in [2.24, 2.45) is 0 Å². The molecule has 21 nitrogen and oxygen atoms in total. The largest absolute Gasteiger partial charge is 0.448 e. The predicted octanol–water partition coefficient (Wildman–Crippen LogP) is 1.60. The van der Waals surface area contributed by atoms with E-state index in [0.29, 0.717) is 6.54 Å². The highest BCUT2D eigenvalue weighted by Crippen LogP contribution is 2.51. The maximum absolute atomic E-state index is 16.0. The number of nitrogen functional groups attached to an aromatic ring is 1. The number of nitrogens with zero attached hydrogens (tertiary/aromatic N) is 8. The van der Waals surface area contributed by atoms with Gasteiger partial charge in [-0.15, -0.1) is 0 Å². The molecule has 6 rings (SSSR count). The van der Waals surface area contributed by atoms with Gasteiger partial charge in [-0.05, 0) is 18.9 Å². The monoisotopic (exact) mass is 809 g/mol. The van der Waals surface area contributed by atoms with Gasteiger partial charge in [-0.25, -0.2) is 48.0 Å². The zero-order valence-corrected chi connectivity index (χ0v) is 30.2. The number of thiol groups is 1. The predicted molar refractivity (Wildman–Crippen MR) is 181 cm³/mol. The molecule has 2 aliphatic rings. The summed E-state index contributed by atoms with van der Waals surface area (Å²) in [7, 11) is 0.849. The first kappa shape index (κ1) is 38.5. The number of imidazole rings is 2. The van der Waals surface area contributed by atoms with Crippen LogP contribution in [-0.2, 0) is 48.9 Å². The molecule has 6 heterocycles. The summed E-state index contributed by atoms with van der Waals surface area (Å²) in [5, 5.41) is 5.31. The van der Waals surface area contributed by atoms with Gasteiger partial charge in [0.1, 0.15) is 43.1 Å². The smallest absolute Gasteiger partial charge is 0.412 e. The number of amides is 1. The number of carbonyl (C=O) groups is 1.